The van der Waals surface area contributed by atoms with Gasteiger partial charge < -0.3 is 5.73 Å². The van der Waals surface area contributed by atoms with Gasteiger partial charge in [0.1, 0.15) is 5.84 Å². The van der Waals surface area contributed by atoms with Crippen LogP contribution in [-0.2, 0) is 4.84 Å². The first-order valence-corrected chi connectivity index (χ1v) is 2.47. The molecule has 4 heteroatoms. The number of rotatable bonds is 0. The molecular weight excluding hydrogens is 106 g/mol. The molecule has 46 valence electrons. The Balaban J connectivity index is 2.42. The molecule has 1 heterocycles. The van der Waals surface area contributed by atoms with Crippen LogP contribution in [0.15, 0.2) is 4.99 Å². The summed E-state index contributed by atoms with van der Waals surface area (Å²) in [5.41, 5.74) is 7.86. The lowest BCUT2D eigenvalue weighted by atomic mass is 10.5. The SMILES string of the molecule is CC1=NCC(N)ON1. The molecule has 1 aliphatic heterocycles. The monoisotopic (exact) mass is 115 g/mol. The van der Waals surface area contributed by atoms with E-state index in [0.29, 0.717) is 6.54 Å². The Morgan fingerprint density at radius 1 is 2.00 bits per heavy atom. The number of nitrogens with one attached hydrogen (secondary N) is 1. The van der Waals surface area contributed by atoms with Crippen molar-refractivity contribution < 1.29 is 4.84 Å². The molecule has 0 radical (unpaired) electrons. The molecule has 0 aromatic carbocycles. The standard InChI is InChI=1S/C4H9N3O/c1-3-6-2-4(5)8-7-3/h4H,2,5H2,1H3,(H,6,7). The van der Waals surface area contributed by atoms with E-state index >= 15 is 0 Å². The summed E-state index contributed by atoms with van der Waals surface area (Å²) >= 11 is 0. The number of nitrogens with zero attached hydrogens (tertiary/aromatic N) is 1. The molecule has 0 saturated carbocycles. The quantitative estimate of drug-likeness (QED) is 0.435. The fourth-order valence-electron chi connectivity index (χ4n) is 0.457. The van der Waals surface area contributed by atoms with Crippen molar-refractivity contribution in [3.05, 3.63) is 0 Å². The Morgan fingerprint density at radius 2 is 2.75 bits per heavy atom. The van der Waals surface area contributed by atoms with Gasteiger partial charge in [0.2, 0.25) is 0 Å². The second-order valence-corrected chi connectivity index (χ2v) is 1.68. The molecule has 4 nitrogen and oxygen atoms in total. The molecule has 0 amide bonds. The van der Waals surface area contributed by atoms with E-state index in [2.05, 4.69) is 10.5 Å². The van der Waals surface area contributed by atoms with Crippen molar-refractivity contribution in [2.24, 2.45) is 10.7 Å². The van der Waals surface area contributed by atoms with E-state index in [4.69, 9.17) is 10.6 Å². The fraction of sp³-hybridized carbons (Fsp3) is 0.750. The third-order valence-electron chi connectivity index (χ3n) is 0.866. The smallest absolute Gasteiger partial charge is 0.153 e. The number of nitrogens with two attached hydrogens (primary N) is 1. The van der Waals surface area contributed by atoms with Crippen molar-refractivity contribution in [3.63, 3.8) is 0 Å². The van der Waals surface area contributed by atoms with Crippen molar-refractivity contribution in [1.82, 2.24) is 5.48 Å². The van der Waals surface area contributed by atoms with Crippen LogP contribution in [0.1, 0.15) is 6.92 Å². The highest BCUT2D eigenvalue weighted by Gasteiger charge is 2.06. The highest BCUT2D eigenvalue weighted by atomic mass is 16.7. The van der Waals surface area contributed by atoms with Gasteiger partial charge in [0.25, 0.3) is 0 Å². The van der Waals surface area contributed by atoms with Crippen molar-refractivity contribution in [1.29, 1.82) is 0 Å². The van der Waals surface area contributed by atoms with Gasteiger partial charge in [-0.25, -0.2) is 0 Å². The third-order valence-corrected chi connectivity index (χ3v) is 0.866. The fourth-order valence-corrected chi connectivity index (χ4v) is 0.457. The summed E-state index contributed by atoms with van der Waals surface area (Å²) in [7, 11) is 0. The van der Waals surface area contributed by atoms with E-state index in [0.717, 1.165) is 5.84 Å². The molecule has 0 aromatic rings. The Morgan fingerprint density at radius 3 is 3.12 bits per heavy atom. The van der Waals surface area contributed by atoms with Crippen LogP contribution >= 0.6 is 0 Å². The van der Waals surface area contributed by atoms with Crippen LogP contribution in [0.5, 0.6) is 0 Å². The topological polar surface area (TPSA) is 59.6 Å². The summed E-state index contributed by atoms with van der Waals surface area (Å²) in [6.45, 7) is 2.38. The van der Waals surface area contributed by atoms with Crippen LogP contribution < -0.4 is 11.2 Å². The zero-order valence-electron chi connectivity index (χ0n) is 4.72. The van der Waals surface area contributed by atoms with E-state index in [1.165, 1.54) is 0 Å². The first-order chi connectivity index (χ1) is 3.79. The van der Waals surface area contributed by atoms with Crippen LogP contribution in [0.4, 0.5) is 0 Å². The predicted molar refractivity (Wildman–Crippen MR) is 30.2 cm³/mol. The number of hydrogen-bond acceptors (Lipinski definition) is 4. The molecule has 0 spiro atoms. The average Bonchev–Trinajstić information content (AvgIpc) is 1.77. The van der Waals surface area contributed by atoms with Gasteiger partial charge >= 0.3 is 0 Å². The lowest BCUT2D eigenvalue weighted by Gasteiger charge is -2.16. The van der Waals surface area contributed by atoms with E-state index < -0.39 is 0 Å². The maximum atomic E-state index is 5.31. The van der Waals surface area contributed by atoms with Gasteiger partial charge in [0, 0.05) is 0 Å². The van der Waals surface area contributed by atoms with Crippen molar-refractivity contribution in [3.8, 4) is 0 Å². The van der Waals surface area contributed by atoms with Gasteiger partial charge in [0.05, 0.1) is 6.54 Å². The van der Waals surface area contributed by atoms with Gasteiger partial charge in [-0.1, -0.05) is 0 Å². The molecule has 1 aliphatic rings. The zero-order chi connectivity index (χ0) is 5.98. The van der Waals surface area contributed by atoms with Crippen LogP contribution in [0.3, 0.4) is 0 Å². The number of amidine groups is 1. The van der Waals surface area contributed by atoms with E-state index in [1.54, 1.807) is 0 Å². The molecule has 0 bridgehead atoms. The minimum Gasteiger partial charge on any atom is -0.302 e. The molecule has 1 unspecified atom stereocenters. The van der Waals surface area contributed by atoms with Gasteiger partial charge in [-0.2, -0.15) is 0 Å². The summed E-state index contributed by atoms with van der Waals surface area (Å²) in [5.74, 6) is 0.784. The normalized spacial score (nSPS) is 28.8. The van der Waals surface area contributed by atoms with Crippen molar-refractivity contribution in [2.45, 2.75) is 13.2 Å². The van der Waals surface area contributed by atoms with Gasteiger partial charge in [-0.05, 0) is 6.92 Å². The second-order valence-electron chi connectivity index (χ2n) is 1.68. The predicted octanol–water partition coefficient (Wildman–Crippen LogP) is -0.776. The minimum absolute atomic E-state index is 0.279. The second kappa shape index (κ2) is 2.11. The molecule has 3 N–H and O–H groups in total. The highest BCUT2D eigenvalue weighted by molar-refractivity contribution is 5.78. The molecule has 1 rings (SSSR count). The highest BCUT2D eigenvalue weighted by Crippen LogP contribution is 1.88. The number of aliphatic imine (C=N–C) groups is 1. The van der Waals surface area contributed by atoms with E-state index in [1.807, 2.05) is 6.92 Å². The van der Waals surface area contributed by atoms with Crippen LogP contribution in [0, 0.1) is 0 Å². The van der Waals surface area contributed by atoms with Gasteiger partial charge in [-0.15, -0.1) is 0 Å². The van der Waals surface area contributed by atoms with E-state index in [-0.39, 0.29) is 6.23 Å². The first kappa shape index (κ1) is 5.53. The molecule has 0 saturated heterocycles. The van der Waals surface area contributed by atoms with Crippen LogP contribution in [-0.4, -0.2) is 18.6 Å². The molecule has 0 aromatic heterocycles. The average molecular weight is 115 g/mol. The lowest BCUT2D eigenvalue weighted by Crippen LogP contribution is -2.40. The largest absolute Gasteiger partial charge is 0.302 e. The maximum Gasteiger partial charge on any atom is 0.153 e. The lowest BCUT2D eigenvalue weighted by molar-refractivity contribution is 0.0102. The number of hydroxylamine groups is 1. The summed E-state index contributed by atoms with van der Waals surface area (Å²) in [6, 6.07) is 0. The number of hydrogen-bond donors (Lipinski definition) is 2. The van der Waals surface area contributed by atoms with Gasteiger partial charge in [0.15, 0.2) is 6.23 Å². The molecule has 1 atom stereocenters. The minimum atomic E-state index is -0.279. The molecular formula is C4H9N3O. The first-order valence-electron chi connectivity index (χ1n) is 2.47. The van der Waals surface area contributed by atoms with Crippen LogP contribution in [0.25, 0.3) is 0 Å². The zero-order valence-corrected chi connectivity index (χ0v) is 4.72. The van der Waals surface area contributed by atoms with Crippen LogP contribution in [0.2, 0.25) is 0 Å². The Kier molecular flexibility index (Phi) is 1.45. The van der Waals surface area contributed by atoms with E-state index in [9.17, 15) is 0 Å². The molecule has 0 aliphatic carbocycles. The Hall–Kier alpha value is -0.610. The summed E-state index contributed by atoms with van der Waals surface area (Å²) in [6.07, 6.45) is -0.279. The summed E-state index contributed by atoms with van der Waals surface area (Å²) in [4.78, 5) is 8.75. The van der Waals surface area contributed by atoms with Crippen molar-refractivity contribution in [2.75, 3.05) is 6.54 Å². The summed E-state index contributed by atoms with van der Waals surface area (Å²) < 4.78 is 0. The van der Waals surface area contributed by atoms with Crippen molar-refractivity contribution >= 4 is 5.84 Å². The van der Waals surface area contributed by atoms with Gasteiger partial charge in [-0.3, -0.25) is 15.3 Å². The third kappa shape index (κ3) is 1.18. The molecule has 8 heavy (non-hydrogen) atoms. The molecule has 0 fully saturated rings. The maximum absolute atomic E-state index is 5.31. The Labute approximate surface area is 47.7 Å². The summed E-state index contributed by atoms with van der Waals surface area (Å²) in [5, 5.41) is 0. The Bertz CT molecular complexity index is 112.